The molecule has 1 N–H and O–H groups in total. The SMILES string of the molecule is CN(C)C(=O)CN1CCN(C(=O)CN(Cc2ccc(C(=O)NC3CC3)cc2)Cc2ccco2)CC1. The number of hydrogen-bond donors (Lipinski definition) is 1. The molecule has 2 aromatic rings. The fourth-order valence-electron chi connectivity index (χ4n) is 4.09. The molecule has 35 heavy (non-hydrogen) atoms. The summed E-state index contributed by atoms with van der Waals surface area (Å²) in [4.78, 5) is 45.0. The van der Waals surface area contributed by atoms with Gasteiger partial charge in [-0.15, -0.1) is 0 Å². The minimum atomic E-state index is -0.0342. The van der Waals surface area contributed by atoms with Crippen LogP contribution in [0.1, 0.15) is 34.5 Å². The second-order valence-corrected chi connectivity index (χ2v) is 9.61. The van der Waals surface area contributed by atoms with Gasteiger partial charge in [-0.2, -0.15) is 0 Å². The van der Waals surface area contributed by atoms with Gasteiger partial charge < -0.3 is 19.5 Å². The Kier molecular flexibility index (Phi) is 8.20. The summed E-state index contributed by atoms with van der Waals surface area (Å²) in [6.45, 7) is 4.32. The number of nitrogens with one attached hydrogen (secondary N) is 1. The quantitative estimate of drug-likeness (QED) is 0.552. The summed E-state index contributed by atoms with van der Waals surface area (Å²) in [6.07, 6.45) is 3.75. The van der Waals surface area contributed by atoms with Crippen LogP contribution >= 0.6 is 0 Å². The van der Waals surface area contributed by atoms with Crippen LogP contribution < -0.4 is 5.32 Å². The molecule has 1 saturated carbocycles. The van der Waals surface area contributed by atoms with Gasteiger partial charge in [0.05, 0.1) is 25.9 Å². The van der Waals surface area contributed by atoms with Crippen molar-refractivity contribution in [3.63, 3.8) is 0 Å². The van der Waals surface area contributed by atoms with Crippen LogP contribution in [0, 0.1) is 0 Å². The van der Waals surface area contributed by atoms with Gasteiger partial charge in [-0.25, -0.2) is 0 Å². The molecule has 4 rings (SSSR count). The Hall–Kier alpha value is -3.17. The van der Waals surface area contributed by atoms with Gasteiger partial charge in [0.25, 0.3) is 5.91 Å². The number of piperazine rings is 1. The van der Waals surface area contributed by atoms with E-state index in [9.17, 15) is 14.4 Å². The molecule has 9 heteroatoms. The number of furan rings is 1. The van der Waals surface area contributed by atoms with Crippen LogP contribution in [-0.2, 0) is 22.7 Å². The van der Waals surface area contributed by atoms with Crippen molar-refractivity contribution in [3.05, 3.63) is 59.5 Å². The summed E-state index contributed by atoms with van der Waals surface area (Å²) in [5.41, 5.74) is 1.68. The Labute approximate surface area is 206 Å². The highest BCUT2D eigenvalue weighted by molar-refractivity contribution is 5.94. The number of benzene rings is 1. The third-order valence-corrected chi connectivity index (χ3v) is 6.44. The van der Waals surface area contributed by atoms with Crippen molar-refractivity contribution < 1.29 is 18.8 Å². The first-order valence-corrected chi connectivity index (χ1v) is 12.2. The molecule has 0 radical (unpaired) electrons. The number of carbonyl (C=O) groups excluding carboxylic acids is 3. The first-order valence-electron chi connectivity index (χ1n) is 12.2. The predicted octanol–water partition coefficient (Wildman–Crippen LogP) is 1.41. The van der Waals surface area contributed by atoms with E-state index in [1.807, 2.05) is 41.3 Å². The van der Waals surface area contributed by atoms with Crippen LogP contribution in [0.25, 0.3) is 0 Å². The zero-order valence-corrected chi connectivity index (χ0v) is 20.6. The minimum Gasteiger partial charge on any atom is -0.468 e. The monoisotopic (exact) mass is 481 g/mol. The molecule has 0 spiro atoms. The molecule has 9 nitrogen and oxygen atoms in total. The van der Waals surface area contributed by atoms with Gasteiger partial charge in [0.2, 0.25) is 11.8 Å². The fraction of sp³-hybridized carbons (Fsp3) is 0.500. The average molecular weight is 482 g/mol. The van der Waals surface area contributed by atoms with Gasteiger partial charge >= 0.3 is 0 Å². The molecule has 1 aliphatic heterocycles. The molecular weight excluding hydrogens is 446 g/mol. The maximum Gasteiger partial charge on any atom is 0.251 e. The zero-order chi connectivity index (χ0) is 24.8. The lowest BCUT2D eigenvalue weighted by Gasteiger charge is -2.35. The molecule has 188 valence electrons. The zero-order valence-electron chi connectivity index (χ0n) is 20.6. The Morgan fingerprint density at radius 2 is 1.71 bits per heavy atom. The van der Waals surface area contributed by atoms with E-state index in [1.165, 1.54) is 0 Å². The predicted molar refractivity (Wildman–Crippen MR) is 131 cm³/mol. The molecule has 2 heterocycles. The van der Waals surface area contributed by atoms with E-state index in [1.54, 1.807) is 25.3 Å². The highest BCUT2D eigenvalue weighted by Gasteiger charge is 2.25. The molecule has 1 aromatic carbocycles. The van der Waals surface area contributed by atoms with E-state index < -0.39 is 0 Å². The van der Waals surface area contributed by atoms with Crippen molar-refractivity contribution in [2.75, 3.05) is 53.4 Å². The lowest BCUT2D eigenvalue weighted by molar-refractivity contribution is -0.135. The topological polar surface area (TPSA) is 89.3 Å². The van der Waals surface area contributed by atoms with E-state index in [4.69, 9.17) is 4.42 Å². The number of amides is 3. The molecule has 0 atom stereocenters. The summed E-state index contributed by atoms with van der Waals surface area (Å²) < 4.78 is 5.53. The molecule has 1 aliphatic carbocycles. The molecule has 2 fully saturated rings. The molecular formula is C26H35N5O4. The minimum absolute atomic E-state index is 0.0342. The van der Waals surface area contributed by atoms with E-state index in [0.29, 0.717) is 57.4 Å². The number of nitrogens with zero attached hydrogens (tertiary/aromatic N) is 4. The highest BCUT2D eigenvalue weighted by Crippen LogP contribution is 2.19. The number of carbonyl (C=O) groups is 3. The van der Waals surface area contributed by atoms with Crippen LogP contribution in [0.2, 0.25) is 0 Å². The van der Waals surface area contributed by atoms with Crippen molar-refractivity contribution in [1.29, 1.82) is 0 Å². The van der Waals surface area contributed by atoms with E-state index >= 15 is 0 Å². The summed E-state index contributed by atoms with van der Waals surface area (Å²) in [7, 11) is 3.51. The fourth-order valence-corrected chi connectivity index (χ4v) is 4.09. The standard InChI is InChI=1S/C26H35N5O4/c1-28(2)24(32)18-29-11-13-31(14-12-29)25(33)19-30(17-23-4-3-15-35-23)16-20-5-7-21(8-6-20)26(34)27-22-9-10-22/h3-8,15,22H,9-14,16-19H2,1-2H3,(H,27,34). The van der Waals surface area contributed by atoms with Gasteiger partial charge in [-0.3, -0.25) is 24.2 Å². The molecule has 1 aromatic heterocycles. The Morgan fingerprint density at radius 1 is 1.00 bits per heavy atom. The number of rotatable bonds is 10. The summed E-state index contributed by atoms with van der Waals surface area (Å²) in [5, 5.41) is 3.01. The van der Waals surface area contributed by atoms with Gasteiger partial charge in [-0.05, 0) is 42.7 Å². The lowest BCUT2D eigenvalue weighted by Crippen LogP contribution is -2.52. The second kappa shape index (κ2) is 11.5. The lowest BCUT2D eigenvalue weighted by atomic mass is 10.1. The van der Waals surface area contributed by atoms with Crippen molar-refractivity contribution in [2.45, 2.75) is 32.0 Å². The van der Waals surface area contributed by atoms with Gasteiger partial charge in [0.15, 0.2) is 0 Å². The molecule has 0 bridgehead atoms. The average Bonchev–Trinajstić information content (AvgIpc) is 3.51. The normalized spacial score (nSPS) is 16.4. The van der Waals surface area contributed by atoms with Crippen molar-refractivity contribution >= 4 is 17.7 Å². The van der Waals surface area contributed by atoms with Crippen molar-refractivity contribution in [2.24, 2.45) is 0 Å². The highest BCUT2D eigenvalue weighted by atomic mass is 16.3. The number of likely N-dealkylation sites (N-methyl/N-ethyl adjacent to an activating group) is 1. The molecule has 2 aliphatic rings. The first kappa shape index (κ1) is 24.9. The smallest absolute Gasteiger partial charge is 0.251 e. The number of hydrogen-bond acceptors (Lipinski definition) is 6. The third-order valence-electron chi connectivity index (χ3n) is 6.44. The Balaban J connectivity index is 1.33. The maximum atomic E-state index is 13.1. The van der Waals surface area contributed by atoms with Crippen molar-refractivity contribution in [1.82, 2.24) is 24.9 Å². The Bertz CT molecular complexity index is 993. The first-order chi connectivity index (χ1) is 16.9. The van der Waals surface area contributed by atoms with E-state index in [0.717, 1.165) is 24.2 Å². The van der Waals surface area contributed by atoms with Crippen LogP contribution in [0.3, 0.4) is 0 Å². The second-order valence-electron chi connectivity index (χ2n) is 9.61. The summed E-state index contributed by atoms with van der Waals surface area (Å²) >= 11 is 0. The van der Waals surface area contributed by atoms with Crippen LogP contribution in [-0.4, -0.2) is 96.7 Å². The summed E-state index contributed by atoms with van der Waals surface area (Å²) in [5.74, 6) is 0.902. The largest absolute Gasteiger partial charge is 0.468 e. The van der Waals surface area contributed by atoms with Gasteiger partial charge in [0.1, 0.15) is 5.76 Å². The van der Waals surface area contributed by atoms with Crippen LogP contribution in [0.4, 0.5) is 0 Å². The third kappa shape index (κ3) is 7.40. The van der Waals surface area contributed by atoms with Crippen LogP contribution in [0.5, 0.6) is 0 Å². The van der Waals surface area contributed by atoms with Gasteiger partial charge in [0, 0.05) is 58.4 Å². The molecule has 1 saturated heterocycles. The maximum absolute atomic E-state index is 13.1. The Morgan fingerprint density at radius 3 is 2.31 bits per heavy atom. The molecule has 3 amide bonds. The molecule has 0 unspecified atom stereocenters. The summed E-state index contributed by atoms with van der Waals surface area (Å²) in [6, 6.07) is 11.7. The van der Waals surface area contributed by atoms with Crippen molar-refractivity contribution in [3.8, 4) is 0 Å². The van der Waals surface area contributed by atoms with E-state index in [-0.39, 0.29) is 24.3 Å². The van der Waals surface area contributed by atoms with Crippen LogP contribution in [0.15, 0.2) is 47.1 Å². The van der Waals surface area contributed by atoms with Gasteiger partial charge in [-0.1, -0.05) is 12.1 Å². The van der Waals surface area contributed by atoms with E-state index in [2.05, 4.69) is 15.1 Å².